The van der Waals surface area contributed by atoms with Gasteiger partial charge in [0, 0.05) is 31.4 Å². The Labute approximate surface area is 174 Å². The standard InChI is InChI=1S/C25H33N3O/c1-20-10-12-22(13-11-20)27-25(15-6-3-7-16-25)24(29)26-23-14-17-28(19-23)18-21-8-4-2-5-9-21/h2,4-5,8-13,23,27H,3,6-7,14-19H2,1H3,(H,26,29)/t23-/m0/s1. The van der Waals surface area contributed by atoms with Crippen molar-refractivity contribution in [2.45, 2.75) is 63.6 Å². The number of benzene rings is 2. The summed E-state index contributed by atoms with van der Waals surface area (Å²) >= 11 is 0. The summed E-state index contributed by atoms with van der Waals surface area (Å²) < 4.78 is 0. The zero-order valence-corrected chi connectivity index (χ0v) is 17.5. The Morgan fingerprint density at radius 1 is 1.03 bits per heavy atom. The second-order valence-corrected chi connectivity index (χ2v) is 8.81. The average molecular weight is 392 g/mol. The number of hydrogen-bond donors (Lipinski definition) is 2. The molecule has 1 saturated heterocycles. The predicted octanol–water partition coefficient (Wildman–Crippen LogP) is 4.50. The minimum Gasteiger partial charge on any atom is -0.371 e. The smallest absolute Gasteiger partial charge is 0.245 e. The number of likely N-dealkylation sites (tertiary alicyclic amines) is 1. The van der Waals surface area contributed by atoms with E-state index in [9.17, 15) is 4.79 Å². The summed E-state index contributed by atoms with van der Waals surface area (Å²) in [7, 11) is 0. The van der Waals surface area contributed by atoms with Crippen LogP contribution < -0.4 is 10.6 Å². The van der Waals surface area contributed by atoms with Crippen LogP contribution in [0.15, 0.2) is 54.6 Å². The number of nitrogens with one attached hydrogen (secondary N) is 2. The number of anilines is 1. The summed E-state index contributed by atoms with van der Waals surface area (Å²) in [5.41, 5.74) is 3.15. The van der Waals surface area contributed by atoms with Gasteiger partial charge in [-0.1, -0.05) is 67.3 Å². The number of rotatable bonds is 6. The van der Waals surface area contributed by atoms with Crippen molar-refractivity contribution >= 4 is 11.6 Å². The normalized spacial score (nSPS) is 21.6. The highest BCUT2D eigenvalue weighted by Crippen LogP contribution is 2.32. The largest absolute Gasteiger partial charge is 0.371 e. The molecule has 0 bridgehead atoms. The van der Waals surface area contributed by atoms with Gasteiger partial charge in [0.2, 0.25) is 5.91 Å². The molecule has 4 nitrogen and oxygen atoms in total. The predicted molar refractivity (Wildman–Crippen MR) is 119 cm³/mol. The third kappa shape index (κ3) is 4.99. The maximum atomic E-state index is 13.4. The molecular weight excluding hydrogens is 358 g/mol. The van der Waals surface area contributed by atoms with Gasteiger partial charge >= 0.3 is 0 Å². The summed E-state index contributed by atoms with van der Waals surface area (Å²) in [5, 5.41) is 7.01. The molecule has 1 saturated carbocycles. The van der Waals surface area contributed by atoms with Crippen molar-refractivity contribution in [1.29, 1.82) is 0 Å². The molecule has 0 radical (unpaired) electrons. The van der Waals surface area contributed by atoms with Gasteiger partial charge in [-0.25, -0.2) is 0 Å². The quantitative estimate of drug-likeness (QED) is 0.762. The molecule has 1 atom stereocenters. The highest BCUT2D eigenvalue weighted by atomic mass is 16.2. The van der Waals surface area contributed by atoms with E-state index in [0.29, 0.717) is 0 Å². The minimum atomic E-state index is -0.472. The molecule has 154 valence electrons. The number of aryl methyl sites for hydroxylation is 1. The fourth-order valence-corrected chi connectivity index (χ4v) is 4.74. The van der Waals surface area contributed by atoms with Crippen LogP contribution in [0.25, 0.3) is 0 Å². The van der Waals surface area contributed by atoms with Crippen LogP contribution in [0.5, 0.6) is 0 Å². The van der Waals surface area contributed by atoms with Gasteiger partial charge in [-0.15, -0.1) is 0 Å². The molecular formula is C25H33N3O. The first-order valence-corrected chi connectivity index (χ1v) is 11.1. The van der Waals surface area contributed by atoms with E-state index in [1.807, 2.05) is 0 Å². The topological polar surface area (TPSA) is 44.4 Å². The molecule has 2 aromatic carbocycles. The Kier molecular flexibility index (Phi) is 6.19. The van der Waals surface area contributed by atoms with Crippen LogP contribution >= 0.6 is 0 Å². The Balaban J connectivity index is 1.38. The highest BCUT2D eigenvalue weighted by Gasteiger charge is 2.40. The van der Waals surface area contributed by atoms with Gasteiger partial charge in [-0.2, -0.15) is 0 Å². The van der Waals surface area contributed by atoms with Crippen LogP contribution in [0, 0.1) is 6.92 Å². The van der Waals surface area contributed by atoms with Crippen LogP contribution in [-0.2, 0) is 11.3 Å². The first-order chi connectivity index (χ1) is 14.1. The SMILES string of the molecule is Cc1ccc(NC2(C(=O)N[C@H]3CCN(Cc4ccccc4)C3)CCCCC2)cc1. The summed E-state index contributed by atoms with van der Waals surface area (Å²) in [6.07, 6.45) is 6.28. The molecule has 2 aromatic rings. The van der Waals surface area contributed by atoms with Crippen molar-refractivity contribution in [2.75, 3.05) is 18.4 Å². The van der Waals surface area contributed by atoms with Crippen molar-refractivity contribution in [3.63, 3.8) is 0 Å². The van der Waals surface area contributed by atoms with Crippen LogP contribution in [0.4, 0.5) is 5.69 Å². The number of carbonyl (C=O) groups excluding carboxylic acids is 1. The maximum absolute atomic E-state index is 13.4. The second kappa shape index (κ2) is 9.00. The first kappa shape index (κ1) is 20.0. The molecule has 1 aliphatic carbocycles. The summed E-state index contributed by atoms with van der Waals surface area (Å²) in [6.45, 7) is 5.02. The lowest BCUT2D eigenvalue weighted by Crippen LogP contribution is -2.56. The lowest BCUT2D eigenvalue weighted by molar-refractivity contribution is -0.127. The molecule has 1 amide bonds. The Bertz CT molecular complexity index is 797. The fourth-order valence-electron chi connectivity index (χ4n) is 4.74. The van der Waals surface area contributed by atoms with Gasteiger partial charge in [0.15, 0.2) is 0 Å². The molecule has 2 N–H and O–H groups in total. The Morgan fingerprint density at radius 3 is 2.48 bits per heavy atom. The number of amides is 1. The molecule has 2 fully saturated rings. The summed E-state index contributed by atoms with van der Waals surface area (Å²) in [6, 6.07) is 19.2. The maximum Gasteiger partial charge on any atom is 0.245 e. The van der Waals surface area contributed by atoms with Gasteiger partial charge in [0.1, 0.15) is 5.54 Å². The van der Waals surface area contributed by atoms with E-state index >= 15 is 0 Å². The molecule has 1 heterocycles. The van der Waals surface area contributed by atoms with Crippen LogP contribution in [0.1, 0.15) is 49.7 Å². The van der Waals surface area contributed by atoms with E-state index in [1.165, 1.54) is 17.5 Å². The highest BCUT2D eigenvalue weighted by molar-refractivity contribution is 5.89. The summed E-state index contributed by atoms with van der Waals surface area (Å²) in [4.78, 5) is 15.9. The van der Waals surface area contributed by atoms with Crippen LogP contribution in [0.2, 0.25) is 0 Å². The van der Waals surface area contributed by atoms with Gasteiger partial charge in [0.25, 0.3) is 0 Å². The molecule has 4 rings (SSSR count). The molecule has 0 aromatic heterocycles. The third-order valence-corrected chi connectivity index (χ3v) is 6.43. The molecule has 29 heavy (non-hydrogen) atoms. The number of hydrogen-bond acceptors (Lipinski definition) is 3. The van der Waals surface area contributed by atoms with Crippen molar-refractivity contribution in [3.05, 3.63) is 65.7 Å². The molecule has 0 spiro atoms. The van der Waals surface area contributed by atoms with Gasteiger partial charge in [-0.05, 0) is 43.9 Å². The van der Waals surface area contributed by atoms with Crippen molar-refractivity contribution < 1.29 is 4.79 Å². The van der Waals surface area contributed by atoms with Crippen molar-refractivity contribution in [3.8, 4) is 0 Å². The first-order valence-electron chi connectivity index (χ1n) is 11.1. The Hall–Kier alpha value is -2.33. The second-order valence-electron chi connectivity index (χ2n) is 8.81. The van der Waals surface area contributed by atoms with Gasteiger partial charge in [0.05, 0.1) is 0 Å². The fraction of sp³-hybridized carbons (Fsp3) is 0.480. The van der Waals surface area contributed by atoms with E-state index in [-0.39, 0.29) is 11.9 Å². The lowest BCUT2D eigenvalue weighted by atomic mass is 9.80. The molecule has 1 aliphatic heterocycles. The minimum absolute atomic E-state index is 0.185. The number of carbonyl (C=O) groups is 1. The van der Waals surface area contributed by atoms with Gasteiger partial charge < -0.3 is 10.6 Å². The third-order valence-electron chi connectivity index (χ3n) is 6.43. The number of nitrogens with zero attached hydrogens (tertiary/aromatic N) is 1. The van der Waals surface area contributed by atoms with E-state index in [4.69, 9.17) is 0 Å². The Morgan fingerprint density at radius 2 is 1.76 bits per heavy atom. The van der Waals surface area contributed by atoms with E-state index in [1.54, 1.807) is 0 Å². The average Bonchev–Trinajstić information content (AvgIpc) is 3.18. The van der Waals surface area contributed by atoms with Crippen molar-refractivity contribution in [2.24, 2.45) is 0 Å². The van der Waals surface area contributed by atoms with E-state index in [0.717, 1.165) is 57.4 Å². The monoisotopic (exact) mass is 391 g/mol. The lowest BCUT2D eigenvalue weighted by Gasteiger charge is -2.38. The molecule has 2 aliphatic rings. The van der Waals surface area contributed by atoms with Crippen LogP contribution in [-0.4, -0.2) is 35.5 Å². The summed E-state index contributed by atoms with van der Waals surface area (Å²) in [5.74, 6) is 0.185. The van der Waals surface area contributed by atoms with Gasteiger partial charge in [-0.3, -0.25) is 9.69 Å². The molecule has 0 unspecified atom stereocenters. The van der Waals surface area contributed by atoms with Crippen LogP contribution in [0.3, 0.4) is 0 Å². The van der Waals surface area contributed by atoms with E-state index < -0.39 is 5.54 Å². The molecule has 4 heteroatoms. The zero-order valence-electron chi connectivity index (χ0n) is 17.5. The van der Waals surface area contributed by atoms with Crippen molar-refractivity contribution in [1.82, 2.24) is 10.2 Å². The van der Waals surface area contributed by atoms with E-state index in [2.05, 4.69) is 77.1 Å². The zero-order chi connectivity index (χ0) is 20.1.